The minimum Gasteiger partial charge on any atom is -0.397 e. The SMILES string of the molecule is CC.CC(O)c1c(N)cnc2ccccc12. The summed E-state index contributed by atoms with van der Waals surface area (Å²) in [6.45, 7) is 5.71. The summed E-state index contributed by atoms with van der Waals surface area (Å²) in [5, 5.41) is 10.5. The molecule has 0 amide bonds. The largest absolute Gasteiger partial charge is 0.397 e. The minimum absolute atomic E-state index is 0.540. The lowest BCUT2D eigenvalue weighted by Gasteiger charge is -2.11. The Labute approximate surface area is 95.9 Å². The van der Waals surface area contributed by atoms with E-state index in [2.05, 4.69) is 4.98 Å². The molecule has 0 bridgehead atoms. The molecule has 0 aliphatic rings. The van der Waals surface area contributed by atoms with Gasteiger partial charge in [0.25, 0.3) is 0 Å². The Balaban J connectivity index is 0.000000606. The van der Waals surface area contributed by atoms with Gasteiger partial charge in [-0.3, -0.25) is 4.98 Å². The number of benzene rings is 1. The highest BCUT2D eigenvalue weighted by Crippen LogP contribution is 2.27. The number of fused-ring (bicyclic) bond motifs is 1. The number of nitrogens with zero attached hydrogens (tertiary/aromatic N) is 1. The maximum atomic E-state index is 9.59. The summed E-state index contributed by atoms with van der Waals surface area (Å²) in [5.41, 5.74) is 7.92. The molecule has 0 saturated heterocycles. The molecule has 2 rings (SSSR count). The average molecular weight is 218 g/mol. The summed E-state index contributed by atoms with van der Waals surface area (Å²) in [7, 11) is 0. The predicted molar refractivity (Wildman–Crippen MR) is 68.1 cm³/mol. The van der Waals surface area contributed by atoms with Crippen LogP contribution in [-0.4, -0.2) is 10.1 Å². The van der Waals surface area contributed by atoms with E-state index in [1.807, 2.05) is 38.1 Å². The second-order valence-corrected chi connectivity index (χ2v) is 3.32. The van der Waals surface area contributed by atoms with E-state index in [0.717, 1.165) is 16.5 Å². The third kappa shape index (κ3) is 2.31. The molecule has 1 atom stereocenters. The van der Waals surface area contributed by atoms with Gasteiger partial charge in [-0.25, -0.2) is 0 Å². The Morgan fingerprint density at radius 3 is 2.50 bits per heavy atom. The molecule has 3 nitrogen and oxygen atoms in total. The molecular formula is C13H18N2O. The van der Waals surface area contributed by atoms with Crippen LogP contribution in [0.25, 0.3) is 10.9 Å². The molecule has 0 aliphatic heterocycles. The van der Waals surface area contributed by atoms with Crippen LogP contribution in [0.4, 0.5) is 5.69 Å². The van der Waals surface area contributed by atoms with Crippen molar-refractivity contribution in [2.24, 2.45) is 0 Å². The molecule has 1 heterocycles. The van der Waals surface area contributed by atoms with Crippen molar-refractivity contribution in [2.75, 3.05) is 5.73 Å². The first-order valence-corrected chi connectivity index (χ1v) is 5.51. The number of rotatable bonds is 1. The second kappa shape index (κ2) is 5.47. The standard InChI is InChI=1S/C11H12N2O.C2H6/c1-7(14)11-8-4-2-3-5-10(8)13-6-9(11)12;1-2/h2-7,14H,12H2,1H3;1-2H3. The molecule has 1 unspecified atom stereocenters. The highest BCUT2D eigenvalue weighted by molar-refractivity contribution is 5.86. The fourth-order valence-corrected chi connectivity index (χ4v) is 1.64. The number of hydrogen-bond donors (Lipinski definition) is 2. The lowest BCUT2D eigenvalue weighted by Crippen LogP contribution is -2.00. The number of aliphatic hydroxyl groups excluding tert-OH is 1. The van der Waals surface area contributed by atoms with Crippen molar-refractivity contribution in [3.05, 3.63) is 36.0 Å². The van der Waals surface area contributed by atoms with Crippen LogP contribution < -0.4 is 5.73 Å². The van der Waals surface area contributed by atoms with Crippen LogP contribution in [0.15, 0.2) is 30.5 Å². The van der Waals surface area contributed by atoms with Crippen LogP contribution in [0.5, 0.6) is 0 Å². The van der Waals surface area contributed by atoms with E-state index < -0.39 is 6.10 Å². The van der Waals surface area contributed by atoms with Crippen molar-refractivity contribution in [3.63, 3.8) is 0 Å². The van der Waals surface area contributed by atoms with Crippen molar-refractivity contribution < 1.29 is 5.11 Å². The number of hydrogen-bond acceptors (Lipinski definition) is 3. The quantitative estimate of drug-likeness (QED) is 0.773. The Bertz CT molecular complexity index is 466. The first-order chi connectivity index (χ1) is 7.70. The maximum Gasteiger partial charge on any atom is 0.0789 e. The van der Waals surface area contributed by atoms with Crippen LogP contribution in [0, 0.1) is 0 Å². The zero-order chi connectivity index (χ0) is 12.1. The van der Waals surface area contributed by atoms with E-state index in [4.69, 9.17) is 5.73 Å². The summed E-state index contributed by atoms with van der Waals surface area (Å²) in [4.78, 5) is 4.19. The smallest absolute Gasteiger partial charge is 0.0789 e. The van der Waals surface area contributed by atoms with Crippen LogP contribution in [0.2, 0.25) is 0 Å². The van der Waals surface area contributed by atoms with Gasteiger partial charge in [-0.15, -0.1) is 0 Å². The van der Waals surface area contributed by atoms with E-state index in [1.54, 1.807) is 13.1 Å². The van der Waals surface area contributed by atoms with Crippen molar-refractivity contribution in [1.29, 1.82) is 0 Å². The Hall–Kier alpha value is -1.61. The van der Waals surface area contributed by atoms with Crippen LogP contribution in [-0.2, 0) is 0 Å². The number of nitrogens with two attached hydrogens (primary N) is 1. The van der Waals surface area contributed by atoms with Gasteiger partial charge in [-0.1, -0.05) is 32.0 Å². The number of para-hydroxylation sites is 1. The third-order valence-corrected chi connectivity index (χ3v) is 2.27. The van der Waals surface area contributed by atoms with E-state index in [-0.39, 0.29) is 0 Å². The van der Waals surface area contributed by atoms with Gasteiger partial charge in [-0.2, -0.15) is 0 Å². The topological polar surface area (TPSA) is 59.1 Å². The Morgan fingerprint density at radius 1 is 1.25 bits per heavy atom. The summed E-state index contributed by atoms with van der Waals surface area (Å²) in [6, 6.07) is 7.65. The molecule has 86 valence electrons. The number of nitrogen functional groups attached to an aromatic ring is 1. The molecule has 1 aromatic heterocycles. The lowest BCUT2D eigenvalue weighted by atomic mass is 10.0. The van der Waals surface area contributed by atoms with Gasteiger partial charge in [0.1, 0.15) is 0 Å². The summed E-state index contributed by atoms with van der Waals surface area (Å²) >= 11 is 0. The second-order valence-electron chi connectivity index (χ2n) is 3.32. The van der Waals surface area contributed by atoms with Crippen molar-refractivity contribution in [1.82, 2.24) is 4.98 Å². The molecule has 16 heavy (non-hydrogen) atoms. The van der Waals surface area contributed by atoms with Gasteiger partial charge < -0.3 is 10.8 Å². The molecule has 3 N–H and O–H groups in total. The predicted octanol–water partition coefficient (Wildman–Crippen LogP) is 2.90. The fraction of sp³-hybridized carbons (Fsp3) is 0.308. The maximum absolute atomic E-state index is 9.59. The van der Waals surface area contributed by atoms with Crippen molar-refractivity contribution in [2.45, 2.75) is 26.9 Å². The number of aromatic nitrogens is 1. The molecule has 0 spiro atoms. The van der Waals surface area contributed by atoms with E-state index in [1.165, 1.54) is 0 Å². The van der Waals surface area contributed by atoms with E-state index in [9.17, 15) is 5.11 Å². The number of pyridine rings is 1. The van der Waals surface area contributed by atoms with E-state index >= 15 is 0 Å². The lowest BCUT2D eigenvalue weighted by molar-refractivity contribution is 0.201. The third-order valence-electron chi connectivity index (χ3n) is 2.27. The monoisotopic (exact) mass is 218 g/mol. The summed E-state index contributed by atoms with van der Waals surface area (Å²) in [5.74, 6) is 0. The van der Waals surface area contributed by atoms with Crippen molar-refractivity contribution in [3.8, 4) is 0 Å². The van der Waals surface area contributed by atoms with Gasteiger partial charge in [0.05, 0.1) is 23.5 Å². The Morgan fingerprint density at radius 2 is 1.88 bits per heavy atom. The molecule has 0 saturated carbocycles. The number of anilines is 1. The fourth-order valence-electron chi connectivity index (χ4n) is 1.64. The van der Waals surface area contributed by atoms with Gasteiger partial charge in [0.2, 0.25) is 0 Å². The van der Waals surface area contributed by atoms with Gasteiger partial charge in [-0.05, 0) is 13.0 Å². The van der Waals surface area contributed by atoms with Crippen molar-refractivity contribution >= 4 is 16.6 Å². The number of aliphatic hydroxyl groups is 1. The molecule has 3 heteroatoms. The molecule has 0 fully saturated rings. The molecular weight excluding hydrogens is 200 g/mol. The normalized spacial score (nSPS) is 11.8. The summed E-state index contributed by atoms with van der Waals surface area (Å²) < 4.78 is 0. The average Bonchev–Trinajstić information content (AvgIpc) is 2.31. The molecule has 0 radical (unpaired) electrons. The molecule has 0 aliphatic carbocycles. The summed E-state index contributed by atoms with van der Waals surface area (Å²) in [6.07, 6.45) is 1.02. The zero-order valence-corrected chi connectivity index (χ0v) is 9.94. The van der Waals surface area contributed by atoms with Crippen LogP contribution >= 0.6 is 0 Å². The first kappa shape index (κ1) is 12.5. The van der Waals surface area contributed by atoms with Crippen LogP contribution in [0.1, 0.15) is 32.4 Å². The van der Waals surface area contributed by atoms with Gasteiger partial charge in [0.15, 0.2) is 0 Å². The molecule has 2 aromatic rings. The molecule has 1 aromatic carbocycles. The van der Waals surface area contributed by atoms with E-state index in [0.29, 0.717) is 5.69 Å². The zero-order valence-electron chi connectivity index (χ0n) is 9.94. The van der Waals surface area contributed by atoms with Gasteiger partial charge >= 0.3 is 0 Å². The highest BCUT2D eigenvalue weighted by atomic mass is 16.3. The minimum atomic E-state index is -0.567. The first-order valence-electron chi connectivity index (χ1n) is 5.51. The van der Waals surface area contributed by atoms with Gasteiger partial charge in [0, 0.05) is 10.9 Å². The highest BCUT2D eigenvalue weighted by Gasteiger charge is 2.10. The Kier molecular flexibility index (Phi) is 4.26. The van der Waals surface area contributed by atoms with Crippen LogP contribution in [0.3, 0.4) is 0 Å².